The van der Waals surface area contributed by atoms with Crippen molar-refractivity contribution in [2.24, 2.45) is 0 Å². The summed E-state index contributed by atoms with van der Waals surface area (Å²) in [5.41, 5.74) is 6.43. The number of hydrogen-bond donors (Lipinski definition) is 3. The Balaban J connectivity index is 2.76. The van der Waals surface area contributed by atoms with Crippen LogP contribution in [0.2, 0.25) is 0 Å². The van der Waals surface area contributed by atoms with Crippen LogP contribution in [0.4, 0.5) is 5.69 Å². The molecule has 88 valence electrons. The predicted molar refractivity (Wildman–Crippen MR) is 61.4 cm³/mol. The number of amides is 1. The number of aliphatic hydroxyl groups excluding tert-OH is 1. The Hall–Kier alpha value is -1.75. The zero-order chi connectivity index (χ0) is 12.1. The van der Waals surface area contributed by atoms with Crippen molar-refractivity contribution in [3.63, 3.8) is 0 Å². The van der Waals surface area contributed by atoms with E-state index in [2.05, 4.69) is 5.32 Å². The molecule has 0 fully saturated rings. The molecule has 1 atom stereocenters. The van der Waals surface area contributed by atoms with Crippen molar-refractivity contribution in [3.05, 3.63) is 23.8 Å². The lowest BCUT2D eigenvalue weighted by Crippen LogP contribution is -2.31. The molecular weight excluding hydrogens is 208 g/mol. The number of ether oxygens (including phenoxy) is 1. The van der Waals surface area contributed by atoms with Crippen molar-refractivity contribution < 1.29 is 14.6 Å². The Morgan fingerprint density at radius 3 is 2.81 bits per heavy atom. The minimum Gasteiger partial charge on any atom is -0.497 e. The first-order valence-corrected chi connectivity index (χ1v) is 4.94. The summed E-state index contributed by atoms with van der Waals surface area (Å²) in [4.78, 5) is 11.6. The summed E-state index contributed by atoms with van der Waals surface area (Å²) in [5.74, 6) is 0.297. The molecule has 0 aliphatic rings. The molecular formula is C11H16N2O3. The van der Waals surface area contributed by atoms with Crippen LogP contribution in [0.15, 0.2) is 18.2 Å². The van der Waals surface area contributed by atoms with Crippen LogP contribution in [0.5, 0.6) is 5.75 Å². The highest BCUT2D eigenvalue weighted by atomic mass is 16.5. The molecule has 16 heavy (non-hydrogen) atoms. The number of nitrogen functional groups attached to an aromatic ring is 1. The summed E-state index contributed by atoms with van der Waals surface area (Å²) in [7, 11) is 1.53. The number of anilines is 1. The molecule has 0 aromatic heterocycles. The number of hydrogen-bond acceptors (Lipinski definition) is 4. The smallest absolute Gasteiger partial charge is 0.253 e. The Bertz CT molecular complexity index is 377. The molecule has 5 nitrogen and oxygen atoms in total. The van der Waals surface area contributed by atoms with Gasteiger partial charge in [0, 0.05) is 18.3 Å². The van der Waals surface area contributed by atoms with E-state index in [0.29, 0.717) is 17.0 Å². The first-order valence-electron chi connectivity index (χ1n) is 4.94. The van der Waals surface area contributed by atoms with Crippen LogP contribution in [-0.2, 0) is 0 Å². The third-order valence-electron chi connectivity index (χ3n) is 2.06. The molecule has 5 heteroatoms. The highest BCUT2D eigenvalue weighted by Gasteiger charge is 2.10. The molecule has 0 bridgehead atoms. The van der Waals surface area contributed by atoms with E-state index in [0.717, 1.165) is 0 Å². The molecule has 0 heterocycles. The zero-order valence-corrected chi connectivity index (χ0v) is 9.36. The fourth-order valence-corrected chi connectivity index (χ4v) is 1.21. The zero-order valence-electron chi connectivity index (χ0n) is 9.36. The van der Waals surface area contributed by atoms with Crippen LogP contribution in [0.25, 0.3) is 0 Å². The summed E-state index contributed by atoms with van der Waals surface area (Å²) in [6.07, 6.45) is -0.580. The quantitative estimate of drug-likeness (QED) is 0.646. The van der Waals surface area contributed by atoms with Crippen molar-refractivity contribution >= 4 is 11.6 Å². The first kappa shape index (κ1) is 12.3. The predicted octanol–water partition coefficient (Wildman–Crippen LogP) is 0.388. The third kappa shape index (κ3) is 3.13. The third-order valence-corrected chi connectivity index (χ3v) is 2.06. The van der Waals surface area contributed by atoms with Crippen molar-refractivity contribution in [2.45, 2.75) is 13.0 Å². The number of nitrogens with two attached hydrogens (primary N) is 1. The van der Waals surface area contributed by atoms with Gasteiger partial charge in [0.05, 0.1) is 18.8 Å². The largest absolute Gasteiger partial charge is 0.497 e. The van der Waals surface area contributed by atoms with Crippen LogP contribution in [0.1, 0.15) is 17.3 Å². The van der Waals surface area contributed by atoms with E-state index in [1.54, 1.807) is 25.1 Å². The average Bonchev–Trinajstić information content (AvgIpc) is 2.25. The Kier molecular flexibility index (Phi) is 4.13. The van der Waals surface area contributed by atoms with Crippen LogP contribution in [-0.4, -0.2) is 30.8 Å². The van der Waals surface area contributed by atoms with E-state index in [1.165, 1.54) is 7.11 Å². The van der Waals surface area contributed by atoms with E-state index >= 15 is 0 Å². The number of rotatable bonds is 4. The van der Waals surface area contributed by atoms with Crippen molar-refractivity contribution in [3.8, 4) is 5.75 Å². The molecule has 1 amide bonds. The maximum Gasteiger partial charge on any atom is 0.253 e. The molecule has 0 aliphatic heterocycles. The number of carbonyl (C=O) groups excluding carboxylic acids is 1. The molecule has 0 aliphatic carbocycles. The molecule has 1 rings (SSSR count). The molecule has 0 spiro atoms. The van der Waals surface area contributed by atoms with Gasteiger partial charge in [-0.3, -0.25) is 4.79 Å². The molecule has 1 aromatic rings. The van der Waals surface area contributed by atoms with Crippen molar-refractivity contribution in [1.29, 1.82) is 0 Å². The van der Waals surface area contributed by atoms with E-state index in [4.69, 9.17) is 15.6 Å². The molecule has 0 unspecified atom stereocenters. The molecule has 0 radical (unpaired) electrons. The summed E-state index contributed by atoms with van der Waals surface area (Å²) in [6, 6.07) is 4.83. The summed E-state index contributed by atoms with van der Waals surface area (Å²) < 4.78 is 4.98. The van der Waals surface area contributed by atoms with E-state index < -0.39 is 6.10 Å². The lowest BCUT2D eigenvalue weighted by molar-refractivity contribution is 0.0925. The van der Waals surface area contributed by atoms with Gasteiger partial charge >= 0.3 is 0 Å². The number of nitrogens with one attached hydrogen (secondary N) is 1. The lowest BCUT2D eigenvalue weighted by Gasteiger charge is -2.09. The average molecular weight is 224 g/mol. The van der Waals surface area contributed by atoms with Crippen LogP contribution in [0, 0.1) is 0 Å². The number of carbonyl (C=O) groups is 1. The van der Waals surface area contributed by atoms with Gasteiger partial charge in [0.2, 0.25) is 0 Å². The highest BCUT2D eigenvalue weighted by Crippen LogP contribution is 2.19. The lowest BCUT2D eigenvalue weighted by atomic mass is 10.1. The number of benzene rings is 1. The maximum absolute atomic E-state index is 11.6. The second-order valence-electron chi connectivity index (χ2n) is 3.51. The van der Waals surface area contributed by atoms with Crippen LogP contribution >= 0.6 is 0 Å². The van der Waals surface area contributed by atoms with Gasteiger partial charge in [0.25, 0.3) is 5.91 Å². The SMILES string of the molecule is COc1ccc(C(=O)NC[C@H](C)O)c(N)c1. The van der Waals surface area contributed by atoms with Gasteiger partial charge in [-0.05, 0) is 19.1 Å². The molecule has 0 saturated heterocycles. The highest BCUT2D eigenvalue weighted by molar-refractivity contribution is 5.99. The fourth-order valence-electron chi connectivity index (χ4n) is 1.21. The van der Waals surface area contributed by atoms with Gasteiger partial charge in [0.15, 0.2) is 0 Å². The Morgan fingerprint density at radius 2 is 2.31 bits per heavy atom. The first-order chi connectivity index (χ1) is 7.54. The standard InChI is InChI=1S/C11H16N2O3/c1-7(14)6-13-11(15)9-4-3-8(16-2)5-10(9)12/h3-5,7,14H,6,12H2,1-2H3,(H,13,15)/t7-/m0/s1. The molecule has 4 N–H and O–H groups in total. The number of aliphatic hydroxyl groups is 1. The van der Waals surface area contributed by atoms with Gasteiger partial charge in [-0.15, -0.1) is 0 Å². The summed E-state index contributed by atoms with van der Waals surface area (Å²) in [5, 5.41) is 11.6. The van der Waals surface area contributed by atoms with Gasteiger partial charge in [-0.25, -0.2) is 0 Å². The van der Waals surface area contributed by atoms with E-state index in [-0.39, 0.29) is 12.5 Å². The van der Waals surface area contributed by atoms with E-state index in [9.17, 15) is 4.79 Å². The monoisotopic (exact) mass is 224 g/mol. The van der Waals surface area contributed by atoms with Gasteiger partial charge < -0.3 is 20.9 Å². The van der Waals surface area contributed by atoms with Crippen molar-refractivity contribution in [1.82, 2.24) is 5.32 Å². The normalized spacial score (nSPS) is 11.9. The second kappa shape index (κ2) is 5.37. The summed E-state index contributed by atoms with van der Waals surface area (Å²) in [6.45, 7) is 1.79. The molecule has 0 saturated carbocycles. The van der Waals surface area contributed by atoms with Crippen LogP contribution < -0.4 is 15.8 Å². The maximum atomic E-state index is 11.6. The Morgan fingerprint density at radius 1 is 1.62 bits per heavy atom. The van der Waals surface area contributed by atoms with Gasteiger partial charge in [0.1, 0.15) is 5.75 Å². The molecule has 1 aromatic carbocycles. The minimum absolute atomic E-state index is 0.199. The van der Waals surface area contributed by atoms with Gasteiger partial charge in [-0.1, -0.05) is 0 Å². The number of methoxy groups -OCH3 is 1. The van der Waals surface area contributed by atoms with E-state index in [1.807, 2.05) is 0 Å². The fraction of sp³-hybridized carbons (Fsp3) is 0.364. The second-order valence-corrected chi connectivity index (χ2v) is 3.51. The van der Waals surface area contributed by atoms with Crippen molar-refractivity contribution in [2.75, 3.05) is 19.4 Å². The minimum atomic E-state index is -0.580. The van der Waals surface area contributed by atoms with Gasteiger partial charge in [-0.2, -0.15) is 0 Å². The van der Waals surface area contributed by atoms with Crippen LogP contribution in [0.3, 0.4) is 0 Å². The summed E-state index contributed by atoms with van der Waals surface area (Å²) >= 11 is 0. The Labute approximate surface area is 94.2 Å². The topological polar surface area (TPSA) is 84.6 Å².